The molecule has 0 radical (unpaired) electrons. The summed E-state index contributed by atoms with van der Waals surface area (Å²) >= 11 is 0. The normalized spacial score (nSPS) is 18.8. The Kier molecular flexibility index (Phi) is 6.27. The van der Waals surface area contributed by atoms with Crippen LogP contribution < -0.4 is 11.1 Å². The van der Waals surface area contributed by atoms with Gasteiger partial charge in [-0.3, -0.25) is 9.69 Å². The van der Waals surface area contributed by atoms with Crippen LogP contribution in [0.1, 0.15) is 59.8 Å². The van der Waals surface area contributed by atoms with Crippen molar-refractivity contribution in [3.63, 3.8) is 0 Å². The van der Waals surface area contributed by atoms with Crippen molar-refractivity contribution in [2.24, 2.45) is 5.73 Å². The molecule has 19 heavy (non-hydrogen) atoms. The summed E-state index contributed by atoms with van der Waals surface area (Å²) in [6.07, 6.45) is 5.90. The van der Waals surface area contributed by atoms with Crippen LogP contribution in [0.5, 0.6) is 0 Å². The van der Waals surface area contributed by atoms with Crippen molar-refractivity contribution in [1.82, 2.24) is 10.2 Å². The fraction of sp³-hybridized carbons (Fsp3) is 0.933. The van der Waals surface area contributed by atoms with Crippen LogP contribution in [0.3, 0.4) is 0 Å². The molecule has 0 aliphatic heterocycles. The van der Waals surface area contributed by atoms with Crippen LogP contribution in [0.15, 0.2) is 0 Å². The lowest BCUT2D eigenvalue weighted by atomic mass is 10.0. The number of hydrogen-bond acceptors (Lipinski definition) is 3. The van der Waals surface area contributed by atoms with E-state index in [0.29, 0.717) is 12.6 Å². The van der Waals surface area contributed by atoms with Gasteiger partial charge in [0.05, 0.1) is 6.04 Å². The molecule has 1 aliphatic rings. The number of carbonyl (C=O) groups excluding carboxylic acids is 1. The third-order valence-corrected chi connectivity index (χ3v) is 4.40. The Labute approximate surface area is 118 Å². The van der Waals surface area contributed by atoms with Crippen molar-refractivity contribution >= 4 is 5.91 Å². The average molecular weight is 269 g/mol. The van der Waals surface area contributed by atoms with E-state index in [4.69, 9.17) is 5.73 Å². The van der Waals surface area contributed by atoms with Gasteiger partial charge in [-0.15, -0.1) is 0 Å². The molecular weight excluding hydrogens is 238 g/mol. The first kappa shape index (κ1) is 16.4. The molecule has 0 aromatic heterocycles. The van der Waals surface area contributed by atoms with Gasteiger partial charge in [0.25, 0.3) is 0 Å². The fourth-order valence-electron chi connectivity index (χ4n) is 2.75. The van der Waals surface area contributed by atoms with E-state index in [1.54, 1.807) is 0 Å². The molecule has 1 aliphatic carbocycles. The van der Waals surface area contributed by atoms with Gasteiger partial charge in [0, 0.05) is 24.7 Å². The van der Waals surface area contributed by atoms with Gasteiger partial charge in [-0.25, -0.2) is 0 Å². The van der Waals surface area contributed by atoms with Crippen molar-refractivity contribution in [2.45, 2.75) is 77.4 Å². The number of amides is 1. The van der Waals surface area contributed by atoms with Gasteiger partial charge in [0.1, 0.15) is 0 Å². The molecule has 1 fully saturated rings. The Morgan fingerprint density at radius 1 is 1.42 bits per heavy atom. The average Bonchev–Trinajstić information content (AvgIpc) is 2.88. The molecule has 1 rings (SSSR count). The van der Waals surface area contributed by atoms with E-state index in [2.05, 4.69) is 31.0 Å². The number of nitrogens with one attached hydrogen (secondary N) is 1. The third kappa shape index (κ3) is 4.77. The molecule has 112 valence electrons. The highest BCUT2D eigenvalue weighted by atomic mass is 16.2. The standard InChI is InChI=1S/C15H31N3O/c1-5-15(3,4)17-14(19)12(2)18(11-10-16)13-8-6-7-9-13/h12-13H,5-11,16H2,1-4H3,(H,17,19). The van der Waals surface area contributed by atoms with Crippen molar-refractivity contribution in [3.05, 3.63) is 0 Å². The first-order chi connectivity index (χ1) is 8.91. The molecule has 0 aromatic rings. The number of carbonyl (C=O) groups is 1. The second-order valence-corrected chi connectivity index (χ2v) is 6.37. The van der Waals surface area contributed by atoms with Crippen LogP contribution in [0.25, 0.3) is 0 Å². The molecule has 0 saturated heterocycles. The largest absolute Gasteiger partial charge is 0.350 e. The van der Waals surface area contributed by atoms with Gasteiger partial charge in [-0.2, -0.15) is 0 Å². The molecule has 0 bridgehead atoms. The topological polar surface area (TPSA) is 58.4 Å². The van der Waals surface area contributed by atoms with Crippen molar-refractivity contribution in [2.75, 3.05) is 13.1 Å². The van der Waals surface area contributed by atoms with Crippen molar-refractivity contribution in [3.8, 4) is 0 Å². The van der Waals surface area contributed by atoms with E-state index in [9.17, 15) is 4.79 Å². The Bertz CT molecular complexity index is 285. The lowest BCUT2D eigenvalue weighted by Gasteiger charge is -2.35. The zero-order valence-corrected chi connectivity index (χ0v) is 13.0. The Balaban J connectivity index is 2.64. The first-order valence-corrected chi connectivity index (χ1v) is 7.69. The van der Waals surface area contributed by atoms with Crippen LogP contribution in [0, 0.1) is 0 Å². The van der Waals surface area contributed by atoms with Gasteiger partial charge in [-0.1, -0.05) is 19.8 Å². The maximum absolute atomic E-state index is 12.4. The maximum Gasteiger partial charge on any atom is 0.237 e. The molecule has 1 amide bonds. The van der Waals surface area contributed by atoms with Crippen molar-refractivity contribution < 1.29 is 4.79 Å². The van der Waals surface area contributed by atoms with Gasteiger partial charge in [-0.05, 0) is 40.0 Å². The summed E-state index contributed by atoms with van der Waals surface area (Å²) < 4.78 is 0. The van der Waals surface area contributed by atoms with Gasteiger partial charge in [0.2, 0.25) is 5.91 Å². The molecule has 1 atom stereocenters. The van der Waals surface area contributed by atoms with Gasteiger partial charge >= 0.3 is 0 Å². The number of hydrogen-bond donors (Lipinski definition) is 2. The van der Waals surface area contributed by atoms with Crippen LogP contribution in [-0.4, -0.2) is 41.5 Å². The fourth-order valence-corrected chi connectivity index (χ4v) is 2.75. The highest BCUT2D eigenvalue weighted by Gasteiger charge is 2.31. The highest BCUT2D eigenvalue weighted by Crippen LogP contribution is 2.25. The van der Waals surface area contributed by atoms with E-state index >= 15 is 0 Å². The van der Waals surface area contributed by atoms with Crippen LogP contribution in [-0.2, 0) is 4.79 Å². The predicted octanol–water partition coefficient (Wildman–Crippen LogP) is 1.88. The molecule has 4 heteroatoms. The molecular formula is C15H31N3O. The van der Waals surface area contributed by atoms with Crippen LogP contribution >= 0.6 is 0 Å². The summed E-state index contributed by atoms with van der Waals surface area (Å²) in [6.45, 7) is 9.67. The second kappa shape index (κ2) is 7.25. The monoisotopic (exact) mass is 269 g/mol. The molecule has 1 unspecified atom stereocenters. The summed E-state index contributed by atoms with van der Waals surface area (Å²) in [7, 11) is 0. The second-order valence-electron chi connectivity index (χ2n) is 6.37. The zero-order valence-electron chi connectivity index (χ0n) is 13.0. The Morgan fingerprint density at radius 3 is 2.47 bits per heavy atom. The summed E-state index contributed by atoms with van der Waals surface area (Å²) in [5.41, 5.74) is 5.59. The predicted molar refractivity (Wildman–Crippen MR) is 80.0 cm³/mol. The summed E-state index contributed by atoms with van der Waals surface area (Å²) in [6, 6.07) is 0.450. The summed E-state index contributed by atoms with van der Waals surface area (Å²) in [5.74, 6) is 0.132. The van der Waals surface area contributed by atoms with Gasteiger partial charge < -0.3 is 11.1 Å². The smallest absolute Gasteiger partial charge is 0.237 e. The lowest BCUT2D eigenvalue weighted by molar-refractivity contribution is -0.128. The van der Waals surface area contributed by atoms with E-state index in [-0.39, 0.29) is 17.5 Å². The first-order valence-electron chi connectivity index (χ1n) is 7.69. The molecule has 1 saturated carbocycles. The molecule has 0 aromatic carbocycles. The number of nitrogens with zero attached hydrogens (tertiary/aromatic N) is 1. The quantitative estimate of drug-likeness (QED) is 0.742. The van der Waals surface area contributed by atoms with E-state index in [0.717, 1.165) is 13.0 Å². The Morgan fingerprint density at radius 2 is 2.00 bits per heavy atom. The van der Waals surface area contributed by atoms with Gasteiger partial charge in [0.15, 0.2) is 0 Å². The molecule has 3 N–H and O–H groups in total. The lowest BCUT2D eigenvalue weighted by Crippen LogP contribution is -2.54. The van der Waals surface area contributed by atoms with Crippen molar-refractivity contribution in [1.29, 1.82) is 0 Å². The minimum atomic E-state index is -0.130. The Hall–Kier alpha value is -0.610. The molecule has 0 heterocycles. The minimum Gasteiger partial charge on any atom is -0.350 e. The molecule has 0 spiro atoms. The van der Waals surface area contributed by atoms with Crippen LogP contribution in [0.2, 0.25) is 0 Å². The summed E-state index contributed by atoms with van der Waals surface area (Å²) in [4.78, 5) is 14.7. The maximum atomic E-state index is 12.4. The van der Waals surface area contributed by atoms with E-state index in [1.165, 1.54) is 25.7 Å². The number of nitrogens with two attached hydrogens (primary N) is 1. The summed E-state index contributed by atoms with van der Waals surface area (Å²) in [5, 5.41) is 3.15. The van der Waals surface area contributed by atoms with Crippen LogP contribution in [0.4, 0.5) is 0 Å². The number of rotatable bonds is 7. The highest BCUT2D eigenvalue weighted by molar-refractivity contribution is 5.82. The van der Waals surface area contributed by atoms with E-state index in [1.807, 2.05) is 6.92 Å². The van der Waals surface area contributed by atoms with E-state index < -0.39 is 0 Å². The zero-order chi connectivity index (χ0) is 14.5. The minimum absolute atomic E-state index is 0.0857. The molecule has 4 nitrogen and oxygen atoms in total. The SMILES string of the molecule is CCC(C)(C)NC(=O)C(C)N(CCN)C1CCCC1. The third-order valence-electron chi connectivity index (χ3n) is 4.40.